The van der Waals surface area contributed by atoms with Crippen LogP contribution in [0, 0.1) is 0 Å². The zero-order valence-corrected chi connectivity index (χ0v) is 12.3. The first-order valence-corrected chi connectivity index (χ1v) is 7.55. The third-order valence-corrected chi connectivity index (χ3v) is 4.37. The lowest BCUT2D eigenvalue weighted by atomic mass is 9.92. The van der Waals surface area contributed by atoms with Gasteiger partial charge in [0.1, 0.15) is 16.7 Å². The summed E-state index contributed by atoms with van der Waals surface area (Å²) >= 11 is 6.33. The predicted molar refractivity (Wildman–Crippen MR) is 78.8 cm³/mol. The molecule has 108 valence electrons. The van der Waals surface area contributed by atoms with E-state index in [0.29, 0.717) is 25.0 Å². The smallest absolute Gasteiger partial charge is 0.138 e. The summed E-state index contributed by atoms with van der Waals surface area (Å²) in [5.74, 6) is 1.88. The fraction of sp³-hybridized carbons (Fsp3) is 0.375. The Morgan fingerprint density at radius 3 is 3.00 bits per heavy atom. The van der Waals surface area contributed by atoms with Crippen molar-refractivity contribution < 1.29 is 9.47 Å². The molecule has 0 amide bonds. The van der Waals surface area contributed by atoms with Crippen molar-refractivity contribution in [3.8, 4) is 5.75 Å². The molecule has 21 heavy (non-hydrogen) atoms. The van der Waals surface area contributed by atoms with Gasteiger partial charge in [-0.05, 0) is 12.5 Å². The molecule has 0 saturated heterocycles. The van der Waals surface area contributed by atoms with Crippen molar-refractivity contribution in [2.45, 2.75) is 25.4 Å². The van der Waals surface area contributed by atoms with Crippen LogP contribution in [0.3, 0.4) is 0 Å². The van der Waals surface area contributed by atoms with Gasteiger partial charge in [0.2, 0.25) is 0 Å². The molecular weight excluding hydrogens is 288 g/mol. The van der Waals surface area contributed by atoms with Crippen molar-refractivity contribution in [2.24, 2.45) is 0 Å². The Morgan fingerprint density at radius 2 is 2.05 bits per heavy atom. The second kappa shape index (κ2) is 5.28. The van der Waals surface area contributed by atoms with Crippen molar-refractivity contribution >= 4 is 11.6 Å². The zero-order chi connectivity index (χ0) is 14.2. The average molecular weight is 303 g/mol. The lowest BCUT2D eigenvalue weighted by Gasteiger charge is -2.26. The van der Waals surface area contributed by atoms with Crippen LogP contribution in [0.5, 0.6) is 5.75 Å². The third-order valence-electron chi connectivity index (χ3n) is 4.06. The van der Waals surface area contributed by atoms with Gasteiger partial charge in [0.25, 0.3) is 0 Å². The second-order valence-corrected chi connectivity index (χ2v) is 5.69. The van der Waals surface area contributed by atoms with Crippen LogP contribution in [0.2, 0.25) is 5.15 Å². The predicted octanol–water partition coefficient (Wildman–Crippen LogP) is 3.12. The third kappa shape index (κ3) is 2.28. The summed E-state index contributed by atoms with van der Waals surface area (Å²) in [7, 11) is 0. The molecule has 2 aliphatic heterocycles. The number of aromatic nitrogens is 2. The normalized spacial score (nSPS) is 20.3. The maximum absolute atomic E-state index is 6.33. The first kappa shape index (κ1) is 13.0. The maximum atomic E-state index is 6.33. The van der Waals surface area contributed by atoms with Gasteiger partial charge < -0.3 is 9.47 Å². The molecule has 1 aromatic carbocycles. The van der Waals surface area contributed by atoms with Gasteiger partial charge >= 0.3 is 0 Å². The number of benzene rings is 1. The zero-order valence-electron chi connectivity index (χ0n) is 11.5. The fourth-order valence-electron chi connectivity index (χ4n) is 2.98. The van der Waals surface area contributed by atoms with Crippen molar-refractivity contribution in [3.05, 3.63) is 52.1 Å². The van der Waals surface area contributed by atoms with Crippen LogP contribution in [0.1, 0.15) is 35.0 Å². The van der Waals surface area contributed by atoms with Gasteiger partial charge in [0.15, 0.2) is 0 Å². The minimum atomic E-state index is 0.153. The standard InChI is InChI=1S/C16H15ClN2O2/c17-15-12-9-20-7-6-13(12)18-16(19-15)11-5-8-21-14-4-2-1-3-10(11)14/h1-4,11H,5-9H2. The van der Waals surface area contributed by atoms with Gasteiger partial charge in [0.05, 0.1) is 31.4 Å². The van der Waals surface area contributed by atoms with Gasteiger partial charge in [0, 0.05) is 17.5 Å². The van der Waals surface area contributed by atoms with Crippen molar-refractivity contribution in [1.29, 1.82) is 0 Å². The van der Waals surface area contributed by atoms with E-state index in [9.17, 15) is 0 Å². The first-order valence-electron chi connectivity index (χ1n) is 7.17. The number of ether oxygens (including phenoxy) is 2. The molecule has 0 aliphatic carbocycles. The minimum absolute atomic E-state index is 0.153. The summed E-state index contributed by atoms with van der Waals surface area (Å²) in [5.41, 5.74) is 3.11. The van der Waals surface area contributed by atoms with Crippen molar-refractivity contribution in [1.82, 2.24) is 9.97 Å². The SMILES string of the molecule is Clc1nc(C2CCOc3ccccc32)nc2c1COCC2. The van der Waals surface area contributed by atoms with E-state index in [0.717, 1.165) is 41.2 Å². The average Bonchev–Trinajstić information content (AvgIpc) is 2.54. The summed E-state index contributed by atoms with van der Waals surface area (Å²) in [4.78, 5) is 9.29. The van der Waals surface area contributed by atoms with E-state index in [4.69, 9.17) is 26.1 Å². The largest absolute Gasteiger partial charge is 0.493 e. The molecule has 1 unspecified atom stereocenters. The van der Waals surface area contributed by atoms with Crippen LogP contribution in [-0.4, -0.2) is 23.2 Å². The highest BCUT2D eigenvalue weighted by molar-refractivity contribution is 6.30. The van der Waals surface area contributed by atoms with Gasteiger partial charge in [-0.25, -0.2) is 9.97 Å². The number of hydrogen-bond acceptors (Lipinski definition) is 4. The van der Waals surface area contributed by atoms with E-state index in [2.05, 4.69) is 11.1 Å². The molecule has 2 aliphatic rings. The molecule has 0 N–H and O–H groups in total. The maximum Gasteiger partial charge on any atom is 0.138 e. The Morgan fingerprint density at radius 1 is 1.14 bits per heavy atom. The Hall–Kier alpha value is -1.65. The van der Waals surface area contributed by atoms with Crippen molar-refractivity contribution in [3.63, 3.8) is 0 Å². The minimum Gasteiger partial charge on any atom is -0.493 e. The number of fused-ring (bicyclic) bond motifs is 2. The molecule has 0 saturated carbocycles. The Bertz CT molecular complexity index is 690. The molecule has 1 aromatic heterocycles. The first-order chi connectivity index (χ1) is 10.3. The van der Waals surface area contributed by atoms with Crippen LogP contribution < -0.4 is 4.74 Å². The Labute approximate surface area is 128 Å². The van der Waals surface area contributed by atoms with E-state index in [-0.39, 0.29) is 5.92 Å². The monoisotopic (exact) mass is 302 g/mol. The molecule has 0 bridgehead atoms. The van der Waals surface area contributed by atoms with Gasteiger partial charge in [-0.3, -0.25) is 0 Å². The highest BCUT2D eigenvalue weighted by Crippen LogP contribution is 2.37. The van der Waals surface area contributed by atoms with Crippen LogP contribution in [0.25, 0.3) is 0 Å². The van der Waals surface area contributed by atoms with E-state index in [1.165, 1.54) is 0 Å². The highest BCUT2D eigenvalue weighted by Gasteiger charge is 2.27. The summed E-state index contributed by atoms with van der Waals surface area (Å²) in [6.07, 6.45) is 1.68. The molecule has 1 atom stereocenters. The van der Waals surface area contributed by atoms with Crippen LogP contribution in [0.4, 0.5) is 0 Å². The molecule has 4 rings (SSSR count). The molecule has 4 nitrogen and oxygen atoms in total. The van der Waals surface area contributed by atoms with E-state index >= 15 is 0 Å². The number of hydrogen-bond donors (Lipinski definition) is 0. The van der Waals surface area contributed by atoms with Gasteiger partial charge in [-0.15, -0.1) is 0 Å². The molecular formula is C16H15ClN2O2. The number of nitrogens with zero attached hydrogens (tertiary/aromatic N) is 2. The quantitative estimate of drug-likeness (QED) is 0.759. The molecule has 0 radical (unpaired) electrons. The Kier molecular flexibility index (Phi) is 3.28. The Balaban J connectivity index is 1.79. The highest BCUT2D eigenvalue weighted by atomic mass is 35.5. The van der Waals surface area contributed by atoms with E-state index < -0.39 is 0 Å². The topological polar surface area (TPSA) is 44.2 Å². The lowest BCUT2D eigenvalue weighted by Crippen LogP contribution is -2.20. The molecule has 0 fully saturated rings. The summed E-state index contributed by atoms with van der Waals surface area (Å²) in [6.45, 7) is 1.89. The van der Waals surface area contributed by atoms with E-state index in [1.54, 1.807) is 0 Å². The van der Waals surface area contributed by atoms with Crippen LogP contribution in [0.15, 0.2) is 24.3 Å². The van der Waals surface area contributed by atoms with Crippen molar-refractivity contribution in [2.75, 3.05) is 13.2 Å². The van der Waals surface area contributed by atoms with E-state index in [1.807, 2.05) is 18.2 Å². The number of halogens is 1. The molecule has 5 heteroatoms. The number of rotatable bonds is 1. The second-order valence-electron chi connectivity index (χ2n) is 5.33. The summed E-state index contributed by atoms with van der Waals surface area (Å²) in [5, 5.41) is 0.527. The molecule has 2 aromatic rings. The van der Waals surface area contributed by atoms with Crippen LogP contribution >= 0.6 is 11.6 Å². The van der Waals surface area contributed by atoms with Gasteiger partial charge in [-0.1, -0.05) is 29.8 Å². The fourth-order valence-corrected chi connectivity index (χ4v) is 3.23. The molecule has 0 spiro atoms. The summed E-state index contributed by atoms with van der Waals surface area (Å²) in [6, 6.07) is 8.09. The van der Waals surface area contributed by atoms with Crippen LogP contribution in [-0.2, 0) is 17.8 Å². The lowest BCUT2D eigenvalue weighted by molar-refractivity contribution is 0.108. The molecule has 3 heterocycles. The number of para-hydroxylation sites is 1. The summed E-state index contributed by atoms with van der Waals surface area (Å²) < 4.78 is 11.1. The van der Waals surface area contributed by atoms with Gasteiger partial charge in [-0.2, -0.15) is 0 Å².